The number of ether oxygens (including phenoxy) is 1. The summed E-state index contributed by atoms with van der Waals surface area (Å²) in [6.07, 6.45) is 4.88. The number of aromatic hydroxyl groups is 2. The standard InChI is InChI=1S/C29H32N2O3/c1-20-27-18-25(33)11-14-28(27)31(29(20)22-7-9-24(32)10-8-22)19-21-5-12-26(13-6-21)34-17-15-23-4-2-3-16-30-23/h5-14,18,23,30,32-33H,2-4,15-17,19H2,1H3. The number of piperidine rings is 1. The van der Waals surface area contributed by atoms with E-state index in [-0.39, 0.29) is 11.5 Å². The van der Waals surface area contributed by atoms with Gasteiger partial charge in [0, 0.05) is 23.5 Å². The molecule has 34 heavy (non-hydrogen) atoms. The lowest BCUT2D eigenvalue weighted by atomic mass is 10.0. The third-order valence-corrected chi connectivity index (χ3v) is 6.85. The number of aryl methyl sites for hydroxylation is 1. The van der Waals surface area contributed by atoms with Gasteiger partial charge in [-0.05, 0) is 104 Å². The molecule has 0 radical (unpaired) electrons. The molecule has 5 nitrogen and oxygen atoms in total. The first-order chi connectivity index (χ1) is 16.6. The summed E-state index contributed by atoms with van der Waals surface area (Å²) in [5.74, 6) is 1.41. The third-order valence-electron chi connectivity index (χ3n) is 6.85. The van der Waals surface area contributed by atoms with E-state index in [4.69, 9.17) is 4.74 Å². The SMILES string of the molecule is Cc1c(-c2ccc(O)cc2)n(Cc2ccc(OCCC3CCCCN3)cc2)c2ccc(O)cc12. The lowest BCUT2D eigenvalue weighted by molar-refractivity contribution is 0.268. The highest BCUT2D eigenvalue weighted by Gasteiger charge is 2.17. The first kappa shape index (κ1) is 22.4. The lowest BCUT2D eigenvalue weighted by Gasteiger charge is -2.23. The Balaban J connectivity index is 1.37. The van der Waals surface area contributed by atoms with Crippen LogP contribution in [0.3, 0.4) is 0 Å². The van der Waals surface area contributed by atoms with Gasteiger partial charge in [0.2, 0.25) is 0 Å². The average molecular weight is 457 g/mol. The number of benzene rings is 3. The van der Waals surface area contributed by atoms with Crippen LogP contribution in [0.2, 0.25) is 0 Å². The predicted molar refractivity (Wildman–Crippen MR) is 137 cm³/mol. The molecule has 1 aromatic heterocycles. The number of rotatable bonds is 7. The van der Waals surface area contributed by atoms with Gasteiger partial charge in [0.15, 0.2) is 0 Å². The summed E-state index contributed by atoms with van der Waals surface area (Å²) in [7, 11) is 0. The summed E-state index contributed by atoms with van der Waals surface area (Å²) in [5.41, 5.74) is 5.46. The molecule has 1 aliphatic heterocycles. The van der Waals surface area contributed by atoms with Crippen molar-refractivity contribution in [2.75, 3.05) is 13.2 Å². The van der Waals surface area contributed by atoms with E-state index in [1.165, 1.54) is 24.8 Å². The molecule has 2 heterocycles. The Morgan fingerprint density at radius 3 is 2.44 bits per heavy atom. The van der Waals surface area contributed by atoms with Crippen molar-refractivity contribution in [2.24, 2.45) is 0 Å². The largest absolute Gasteiger partial charge is 0.508 e. The van der Waals surface area contributed by atoms with Crippen LogP contribution in [0, 0.1) is 6.92 Å². The molecule has 1 atom stereocenters. The van der Waals surface area contributed by atoms with Crippen molar-refractivity contribution < 1.29 is 14.9 Å². The maximum absolute atomic E-state index is 10.1. The van der Waals surface area contributed by atoms with E-state index in [1.807, 2.05) is 36.4 Å². The van der Waals surface area contributed by atoms with Crippen molar-refractivity contribution in [1.29, 1.82) is 0 Å². The van der Waals surface area contributed by atoms with Gasteiger partial charge in [-0.2, -0.15) is 0 Å². The van der Waals surface area contributed by atoms with Gasteiger partial charge in [-0.25, -0.2) is 0 Å². The van der Waals surface area contributed by atoms with Crippen LogP contribution in [-0.4, -0.2) is 34.0 Å². The van der Waals surface area contributed by atoms with E-state index in [1.54, 1.807) is 18.2 Å². The van der Waals surface area contributed by atoms with Gasteiger partial charge in [-0.1, -0.05) is 18.6 Å². The first-order valence-corrected chi connectivity index (χ1v) is 12.1. The number of fused-ring (bicyclic) bond motifs is 1. The van der Waals surface area contributed by atoms with E-state index in [0.717, 1.165) is 53.0 Å². The van der Waals surface area contributed by atoms with Crippen LogP contribution in [0.4, 0.5) is 0 Å². The summed E-state index contributed by atoms with van der Waals surface area (Å²) >= 11 is 0. The van der Waals surface area contributed by atoms with Gasteiger partial charge in [-0.3, -0.25) is 0 Å². The van der Waals surface area contributed by atoms with E-state index < -0.39 is 0 Å². The average Bonchev–Trinajstić information content (AvgIpc) is 3.12. The van der Waals surface area contributed by atoms with Crippen molar-refractivity contribution >= 4 is 10.9 Å². The molecule has 0 amide bonds. The van der Waals surface area contributed by atoms with Crippen LogP contribution in [0.25, 0.3) is 22.2 Å². The highest BCUT2D eigenvalue weighted by atomic mass is 16.5. The van der Waals surface area contributed by atoms with Crippen molar-refractivity contribution in [3.8, 4) is 28.5 Å². The van der Waals surface area contributed by atoms with Crippen LogP contribution >= 0.6 is 0 Å². The fourth-order valence-electron chi connectivity index (χ4n) is 5.03. The molecule has 0 aliphatic carbocycles. The van der Waals surface area contributed by atoms with E-state index in [0.29, 0.717) is 12.6 Å². The first-order valence-electron chi connectivity index (χ1n) is 12.1. The van der Waals surface area contributed by atoms with Crippen molar-refractivity contribution in [3.05, 3.63) is 77.9 Å². The van der Waals surface area contributed by atoms with E-state index in [9.17, 15) is 10.2 Å². The molecule has 1 saturated heterocycles. The van der Waals surface area contributed by atoms with E-state index in [2.05, 4.69) is 28.9 Å². The molecule has 1 aliphatic rings. The Morgan fingerprint density at radius 2 is 1.71 bits per heavy atom. The van der Waals surface area contributed by atoms with Gasteiger partial charge < -0.3 is 24.8 Å². The number of aromatic nitrogens is 1. The van der Waals surface area contributed by atoms with Crippen LogP contribution in [0.1, 0.15) is 36.8 Å². The predicted octanol–water partition coefficient (Wildman–Crippen LogP) is 5.99. The fraction of sp³-hybridized carbons (Fsp3) is 0.310. The molecule has 1 fully saturated rings. The Hall–Kier alpha value is -3.44. The number of nitrogens with zero attached hydrogens (tertiary/aromatic N) is 1. The van der Waals surface area contributed by atoms with Gasteiger partial charge in [-0.15, -0.1) is 0 Å². The molecule has 0 spiro atoms. The molecule has 0 saturated carbocycles. The Labute approximate surface area is 200 Å². The minimum atomic E-state index is 0.247. The number of hydrogen-bond acceptors (Lipinski definition) is 4. The zero-order chi connectivity index (χ0) is 23.5. The second-order valence-electron chi connectivity index (χ2n) is 9.24. The van der Waals surface area contributed by atoms with Crippen molar-refractivity contribution in [1.82, 2.24) is 9.88 Å². The zero-order valence-corrected chi connectivity index (χ0v) is 19.6. The zero-order valence-electron chi connectivity index (χ0n) is 19.6. The number of phenolic OH excluding ortho intramolecular Hbond substituents is 2. The number of nitrogens with one attached hydrogen (secondary N) is 1. The highest BCUT2D eigenvalue weighted by molar-refractivity contribution is 5.92. The molecule has 5 heteroatoms. The summed E-state index contributed by atoms with van der Waals surface area (Å²) in [4.78, 5) is 0. The molecule has 5 rings (SSSR count). The Bertz CT molecular complexity index is 1250. The maximum Gasteiger partial charge on any atom is 0.119 e. The fourth-order valence-corrected chi connectivity index (χ4v) is 5.03. The van der Waals surface area contributed by atoms with Crippen LogP contribution < -0.4 is 10.1 Å². The van der Waals surface area contributed by atoms with Crippen LogP contribution in [0.5, 0.6) is 17.2 Å². The van der Waals surface area contributed by atoms with Gasteiger partial charge in [0.05, 0.1) is 12.3 Å². The van der Waals surface area contributed by atoms with E-state index >= 15 is 0 Å². The second kappa shape index (κ2) is 9.82. The normalized spacial score (nSPS) is 16.1. The summed E-state index contributed by atoms with van der Waals surface area (Å²) in [5, 5.41) is 24.4. The monoisotopic (exact) mass is 456 g/mol. The second-order valence-corrected chi connectivity index (χ2v) is 9.24. The molecule has 3 N–H and O–H groups in total. The van der Waals surface area contributed by atoms with Crippen LogP contribution in [0.15, 0.2) is 66.7 Å². The molecular weight excluding hydrogens is 424 g/mol. The van der Waals surface area contributed by atoms with Crippen molar-refractivity contribution in [2.45, 2.75) is 45.2 Å². The minimum absolute atomic E-state index is 0.247. The molecule has 4 aromatic rings. The highest BCUT2D eigenvalue weighted by Crippen LogP contribution is 2.36. The summed E-state index contributed by atoms with van der Waals surface area (Å²) in [6.45, 7) is 4.63. The smallest absolute Gasteiger partial charge is 0.119 e. The van der Waals surface area contributed by atoms with Gasteiger partial charge in [0.25, 0.3) is 0 Å². The summed E-state index contributed by atoms with van der Waals surface area (Å²) in [6, 6.07) is 21.7. The van der Waals surface area contributed by atoms with Gasteiger partial charge >= 0.3 is 0 Å². The minimum Gasteiger partial charge on any atom is -0.508 e. The Kier molecular flexibility index (Phi) is 6.45. The van der Waals surface area contributed by atoms with Crippen LogP contribution in [-0.2, 0) is 6.54 Å². The molecule has 3 aromatic carbocycles. The summed E-state index contributed by atoms with van der Waals surface area (Å²) < 4.78 is 8.29. The molecule has 0 bridgehead atoms. The van der Waals surface area contributed by atoms with Gasteiger partial charge in [0.1, 0.15) is 17.2 Å². The molecule has 1 unspecified atom stereocenters. The molecule has 176 valence electrons. The quantitative estimate of drug-likeness (QED) is 0.320. The third kappa shape index (κ3) is 4.75. The number of phenols is 2. The lowest BCUT2D eigenvalue weighted by Crippen LogP contribution is -2.35. The van der Waals surface area contributed by atoms with Crippen molar-refractivity contribution in [3.63, 3.8) is 0 Å². The molecular formula is C29H32N2O3. The Morgan fingerprint density at radius 1 is 0.941 bits per heavy atom. The maximum atomic E-state index is 10.1. The number of hydrogen-bond donors (Lipinski definition) is 3. The topological polar surface area (TPSA) is 66.7 Å².